The van der Waals surface area contributed by atoms with Gasteiger partial charge in [0.25, 0.3) is 0 Å². The van der Waals surface area contributed by atoms with Crippen molar-refractivity contribution in [3.63, 3.8) is 0 Å². The molecule has 0 saturated carbocycles. The Morgan fingerprint density at radius 1 is 1.78 bits per heavy atom. The average Bonchev–Trinajstić information content (AvgIpc) is 1.88. The van der Waals surface area contributed by atoms with Crippen LogP contribution in [0.4, 0.5) is 0 Å². The van der Waals surface area contributed by atoms with E-state index in [-0.39, 0.29) is 0 Å². The standard InChI is InChI=1S/C8H11Cl/c1-2-7-4-3-5-8(9)6-7/h2,5,7H,1,3-4,6H2. The van der Waals surface area contributed by atoms with E-state index in [1.165, 1.54) is 6.42 Å². The van der Waals surface area contributed by atoms with Crippen molar-refractivity contribution in [2.75, 3.05) is 0 Å². The van der Waals surface area contributed by atoms with Crippen LogP contribution in [0.1, 0.15) is 19.3 Å². The Bertz CT molecular complexity index is 136. The summed E-state index contributed by atoms with van der Waals surface area (Å²) in [5.74, 6) is 0.627. The largest absolute Gasteiger partial charge is 0.103 e. The molecule has 1 heteroatoms. The molecule has 0 spiro atoms. The lowest BCUT2D eigenvalue weighted by Crippen LogP contribution is -1.99. The minimum absolute atomic E-state index is 0.627. The summed E-state index contributed by atoms with van der Waals surface area (Å²) >= 11 is 5.80. The van der Waals surface area contributed by atoms with Crippen LogP contribution in [0.2, 0.25) is 0 Å². The van der Waals surface area contributed by atoms with Gasteiger partial charge in [0.2, 0.25) is 0 Å². The van der Waals surface area contributed by atoms with Crippen LogP contribution < -0.4 is 0 Å². The first-order valence-electron chi connectivity index (χ1n) is 3.30. The van der Waals surface area contributed by atoms with E-state index in [1.54, 1.807) is 0 Å². The maximum Gasteiger partial charge on any atom is 0.0147 e. The zero-order chi connectivity index (χ0) is 6.69. The van der Waals surface area contributed by atoms with Gasteiger partial charge in [-0.2, -0.15) is 0 Å². The highest BCUT2D eigenvalue weighted by molar-refractivity contribution is 6.29. The Balaban J connectivity index is 2.48. The third-order valence-corrected chi connectivity index (χ3v) is 2.00. The summed E-state index contributed by atoms with van der Waals surface area (Å²) in [5, 5.41) is 1.01. The normalized spacial score (nSPS) is 27.2. The first-order chi connectivity index (χ1) is 4.33. The van der Waals surface area contributed by atoms with Crippen molar-refractivity contribution in [3.05, 3.63) is 23.8 Å². The molecule has 1 rings (SSSR count). The third-order valence-electron chi connectivity index (χ3n) is 1.69. The van der Waals surface area contributed by atoms with E-state index in [4.69, 9.17) is 11.6 Å². The number of hydrogen-bond donors (Lipinski definition) is 0. The fourth-order valence-corrected chi connectivity index (χ4v) is 1.40. The Morgan fingerprint density at radius 2 is 2.56 bits per heavy atom. The topological polar surface area (TPSA) is 0 Å². The molecule has 0 aromatic heterocycles. The summed E-state index contributed by atoms with van der Waals surface area (Å²) in [6.07, 6.45) is 7.44. The summed E-state index contributed by atoms with van der Waals surface area (Å²) in [6.45, 7) is 3.73. The molecule has 1 unspecified atom stereocenters. The smallest absolute Gasteiger partial charge is 0.0147 e. The Morgan fingerprint density at radius 3 is 3.00 bits per heavy atom. The predicted molar refractivity (Wildman–Crippen MR) is 41.5 cm³/mol. The number of halogens is 1. The van der Waals surface area contributed by atoms with E-state index in [2.05, 4.69) is 12.7 Å². The first kappa shape index (κ1) is 6.88. The van der Waals surface area contributed by atoms with Gasteiger partial charge in [-0.25, -0.2) is 0 Å². The molecule has 1 aliphatic rings. The third kappa shape index (κ3) is 1.87. The van der Waals surface area contributed by atoms with Crippen LogP contribution >= 0.6 is 11.6 Å². The molecule has 0 fully saturated rings. The van der Waals surface area contributed by atoms with Gasteiger partial charge in [-0.15, -0.1) is 6.58 Å². The van der Waals surface area contributed by atoms with Crippen LogP contribution in [0.5, 0.6) is 0 Å². The van der Waals surface area contributed by atoms with Crippen molar-refractivity contribution < 1.29 is 0 Å². The highest BCUT2D eigenvalue weighted by Gasteiger charge is 2.09. The molecule has 1 aliphatic carbocycles. The van der Waals surface area contributed by atoms with Crippen molar-refractivity contribution in [2.24, 2.45) is 5.92 Å². The SMILES string of the molecule is C=CC1CCC=C(Cl)C1. The fraction of sp³-hybridized carbons (Fsp3) is 0.500. The lowest BCUT2D eigenvalue weighted by Gasteiger charge is -2.14. The molecule has 9 heavy (non-hydrogen) atoms. The highest BCUT2D eigenvalue weighted by atomic mass is 35.5. The zero-order valence-corrected chi connectivity index (χ0v) is 6.19. The highest BCUT2D eigenvalue weighted by Crippen LogP contribution is 2.26. The molecule has 0 bridgehead atoms. The van der Waals surface area contributed by atoms with Gasteiger partial charge < -0.3 is 0 Å². The fourth-order valence-electron chi connectivity index (χ4n) is 1.09. The minimum atomic E-state index is 0.627. The minimum Gasteiger partial charge on any atom is -0.103 e. The Kier molecular flexibility index (Phi) is 2.35. The second-order valence-electron chi connectivity index (χ2n) is 2.43. The van der Waals surface area contributed by atoms with Crippen LogP contribution in [0, 0.1) is 5.92 Å². The van der Waals surface area contributed by atoms with Crippen LogP contribution in [0.25, 0.3) is 0 Å². The van der Waals surface area contributed by atoms with E-state index >= 15 is 0 Å². The molecule has 0 saturated heterocycles. The van der Waals surface area contributed by atoms with Gasteiger partial charge >= 0.3 is 0 Å². The summed E-state index contributed by atoms with van der Waals surface area (Å²) < 4.78 is 0. The number of allylic oxidation sites excluding steroid dienone is 3. The van der Waals surface area contributed by atoms with Crippen molar-refractivity contribution in [1.29, 1.82) is 0 Å². The molecule has 0 amide bonds. The van der Waals surface area contributed by atoms with Gasteiger partial charge in [0.05, 0.1) is 0 Å². The quantitative estimate of drug-likeness (QED) is 0.494. The molecule has 0 heterocycles. The molecule has 0 N–H and O–H groups in total. The summed E-state index contributed by atoms with van der Waals surface area (Å²) in [6, 6.07) is 0. The number of hydrogen-bond acceptors (Lipinski definition) is 0. The summed E-state index contributed by atoms with van der Waals surface area (Å²) in [5.41, 5.74) is 0. The van der Waals surface area contributed by atoms with Crippen LogP contribution in [-0.4, -0.2) is 0 Å². The summed E-state index contributed by atoms with van der Waals surface area (Å²) in [4.78, 5) is 0. The molecule has 0 radical (unpaired) electrons. The lowest BCUT2D eigenvalue weighted by atomic mass is 9.95. The maximum absolute atomic E-state index is 5.80. The second kappa shape index (κ2) is 3.07. The molecule has 0 nitrogen and oxygen atoms in total. The molecular weight excluding hydrogens is 132 g/mol. The van der Waals surface area contributed by atoms with E-state index in [1.807, 2.05) is 6.08 Å². The average molecular weight is 143 g/mol. The van der Waals surface area contributed by atoms with Gasteiger partial charge in [0, 0.05) is 5.03 Å². The van der Waals surface area contributed by atoms with Gasteiger partial charge in [0.15, 0.2) is 0 Å². The molecule has 0 aromatic rings. The number of rotatable bonds is 1. The molecule has 50 valence electrons. The maximum atomic E-state index is 5.80. The van der Waals surface area contributed by atoms with E-state index in [0.29, 0.717) is 5.92 Å². The Labute approximate surface area is 61.2 Å². The molecule has 0 aromatic carbocycles. The van der Waals surface area contributed by atoms with Crippen molar-refractivity contribution in [2.45, 2.75) is 19.3 Å². The van der Waals surface area contributed by atoms with Gasteiger partial charge in [0.1, 0.15) is 0 Å². The van der Waals surface area contributed by atoms with Gasteiger partial charge in [-0.05, 0) is 25.2 Å². The van der Waals surface area contributed by atoms with Crippen molar-refractivity contribution >= 4 is 11.6 Å². The van der Waals surface area contributed by atoms with Gasteiger partial charge in [-0.3, -0.25) is 0 Å². The monoisotopic (exact) mass is 142 g/mol. The predicted octanol–water partition coefficient (Wildman–Crippen LogP) is 3.10. The van der Waals surface area contributed by atoms with Crippen molar-refractivity contribution in [1.82, 2.24) is 0 Å². The first-order valence-corrected chi connectivity index (χ1v) is 3.68. The Hall–Kier alpha value is -0.230. The second-order valence-corrected chi connectivity index (χ2v) is 2.91. The van der Waals surface area contributed by atoms with E-state index < -0.39 is 0 Å². The molecular formula is C8H11Cl. The van der Waals surface area contributed by atoms with E-state index in [9.17, 15) is 0 Å². The van der Waals surface area contributed by atoms with Gasteiger partial charge in [-0.1, -0.05) is 23.8 Å². The van der Waals surface area contributed by atoms with Crippen molar-refractivity contribution in [3.8, 4) is 0 Å². The molecule has 1 atom stereocenters. The zero-order valence-electron chi connectivity index (χ0n) is 5.44. The van der Waals surface area contributed by atoms with Crippen LogP contribution in [0.3, 0.4) is 0 Å². The molecule has 0 aliphatic heterocycles. The van der Waals surface area contributed by atoms with Crippen LogP contribution in [-0.2, 0) is 0 Å². The van der Waals surface area contributed by atoms with Crippen LogP contribution in [0.15, 0.2) is 23.8 Å². The summed E-state index contributed by atoms with van der Waals surface area (Å²) in [7, 11) is 0. The lowest BCUT2D eigenvalue weighted by molar-refractivity contribution is 0.578. The van der Waals surface area contributed by atoms with E-state index in [0.717, 1.165) is 17.9 Å².